The van der Waals surface area contributed by atoms with Crippen molar-refractivity contribution >= 4 is 0 Å². The second-order valence-electron chi connectivity index (χ2n) is 5.78. The van der Waals surface area contributed by atoms with Crippen LogP contribution in [-0.2, 0) is 13.0 Å². The van der Waals surface area contributed by atoms with Gasteiger partial charge in [0.05, 0.1) is 6.10 Å². The summed E-state index contributed by atoms with van der Waals surface area (Å²) in [6.07, 6.45) is 12.3. The Morgan fingerprint density at radius 3 is 2.76 bits per heavy atom. The maximum Gasteiger partial charge on any atom is 0.0807 e. The summed E-state index contributed by atoms with van der Waals surface area (Å²) in [6, 6.07) is 2.14. The second kappa shape index (κ2) is 4.85. The van der Waals surface area contributed by atoms with E-state index in [4.69, 9.17) is 0 Å². The van der Waals surface area contributed by atoms with Gasteiger partial charge in [0, 0.05) is 24.0 Å². The van der Waals surface area contributed by atoms with Crippen molar-refractivity contribution in [3.05, 3.63) is 23.5 Å². The zero-order valence-corrected chi connectivity index (χ0v) is 10.6. The summed E-state index contributed by atoms with van der Waals surface area (Å²) >= 11 is 0. The van der Waals surface area contributed by atoms with Crippen LogP contribution in [0.1, 0.15) is 62.3 Å². The van der Waals surface area contributed by atoms with Crippen molar-refractivity contribution in [3.63, 3.8) is 0 Å². The van der Waals surface area contributed by atoms with Gasteiger partial charge in [-0.05, 0) is 44.1 Å². The first kappa shape index (κ1) is 11.3. The smallest absolute Gasteiger partial charge is 0.0807 e. The lowest BCUT2D eigenvalue weighted by Gasteiger charge is -2.25. The Bertz CT molecular complexity index is 376. The average molecular weight is 233 g/mol. The number of fused-ring (bicyclic) bond motifs is 1. The lowest BCUT2D eigenvalue weighted by Crippen LogP contribution is -2.17. The van der Waals surface area contributed by atoms with E-state index in [0.29, 0.717) is 0 Å². The van der Waals surface area contributed by atoms with Crippen molar-refractivity contribution in [1.29, 1.82) is 0 Å². The molecule has 1 aromatic rings. The SMILES string of the molecule is OC1CCCc2c1ccn2CC1CCCCC1. The normalized spacial score (nSPS) is 25.8. The summed E-state index contributed by atoms with van der Waals surface area (Å²) in [6.45, 7) is 1.18. The first-order valence-electron chi connectivity index (χ1n) is 7.20. The monoisotopic (exact) mass is 233 g/mol. The molecule has 0 aliphatic heterocycles. The number of aromatic nitrogens is 1. The number of nitrogens with zero attached hydrogens (tertiary/aromatic N) is 1. The molecule has 1 heterocycles. The molecular formula is C15H23NO. The molecule has 3 rings (SSSR count). The molecule has 0 amide bonds. The van der Waals surface area contributed by atoms with E-state index < -0.39 is 0 Å². The van der Waals surface area contributed by atoms with E-state index >= 15 is 0 Å². The van der Waals surface area contributed by atoms with Crippen LogP contribution in [0.15, 0.2) is 12.3 Å². The molecule has 2 heteroatoms. The van der Waals surface area contributed by atoms with Crippen molar-refractivity contribution in [2.24, 2.45) is 5.92 Å². The Labute approximate surface area is 104 Å². The average Bonchev–Trinajstić information content (AvgIpc) is 2.76. The Hall–Kier alpha value is -0.760. The molecule has 2 nitrogen and oxygen atoms in total. The fourth-order valence-corrected chi connectivity index (χ4v) is 3.55. The molecule has 94 valence electrons. The van der Waals surface area contributed by atoms with Crippen LogP contribution in [0.5, 0.6) is 0 Å². The minimum atomic E-state index is -0.202. The molecule has 17 heavy (non-hydrogen) atoms. The fourth-order valence-electron chi connectivity index (χ4n) is 3.55. The van der Waals surface area contributed by atoms with E-state index in [0.717, 1.165) is 25.2 Å². The summed E-state index contributed by atoms with van der Waals surface area (Å²) in [5.74, 6) is 0.874. The van der Waals surface area contributed by atoms with Gasteiger partial charge in [-0.3, -0.25) is 0 Å². The van der Waals surface area contributed by atoms with Gasteiger partial charge >= 0.3 is 0 Å². The topological polar surface area (TPSA) is 25.2 Å². The van der Waals surface area contributed by atoms with Gasteiger partial charge in [-0.15, -0.1) is 0 Å². The summed E-state index contributed by atoms with van der Waals surface area (Å²) in [7, 11) is 0. The van der Waals surface area contributed by atoms with Crippen molar-refractivity contribution in [1.82, 2.24) is 4.57 Å². The van der Waals surface area contributed by atoms with Crippen LogP contribution < -0.4 is 0 Å². The van der Waals surface area contributed by atoms with Gasteiger partial charge < -0.3 is 9.67 Å². The molecule has 0 spiro atoms. The van der Waals surface area contributed by atoms with Gasteiger partial charge in [-0.1, -0.05) is 19.3 Å². The standard InChI is InChI=1S/C15H23NO/c17-15-8-4-7-14-13(15)9-10-16(14)11-12-5-2-1-3-6-12/h9-10,12,15,17H,1-8,11H2. The number of hydrogen-bond acceptors (Lipinski definition) is 1. The molecule has 0 radical (unpaired) electrons. The zero-order chi connectivity index (χ0) is 11.7. The Balaban J connectivity index is 1.74. The third kappa shape index (κ3) is 2.28. The van der Waals surface area contributed by atoms with Gasteiger partial charge in [0.1, 0.15) is 0 Å². The third-order valence-corrected chi connectivity index (χ3v) is 4.54. The Morgan fingerprint density at radius 2 is 1.94 bits per heavy atom. The summed E-state index contributed by atoms with van der Waals surface area (Å²) in [5, 5.41) is 9.97. The molecule has 0 aromatic carbocycles. The van der Waals surface area contributed by atoms with Gasteiger partial charge in [0.2, 0.25) is 0 Å². The summed E-state index contributed by atoms with van der Waals surface area (Å²) in [4.78, 5) is 0. The maximum atomic E-state index is 9.97. The highest BCUT2D eigenvalue weighted by Crippen LogP contribution is 2.32. The first-order valence-corrected chi connectivity index (χ1v) is 7.20. The van der Waals surface area contributed by atoms with Crippen LogP contribution in [-0.4, -0.2) is 9.67 Å². The van der Waals surface area contributed by atoms with Crippen LogP contribution in [0.3, 0.4) is 0 Å². The van der Waals surface area contributed by atoms with Gasteiger partial charge in [0.15, 0.2) is 0 Å². The van der Waals surface area contributed by atoms with Crippen LogP contribution in [0.25, 0.3) is 0 Å². The third-order valence-electron chi connectivity index (χ3n) is 4.54. The predicted octanol–water partition coefficient (Wildman–Crippen LogP) is 3.44. The number of rotatable bonds is 2. The fraction of sp³-hybridized carbons (Fsp3) is 0.733. The van der Waals surface area contributed by atoms with Gasteiger partial charge in [-0.2, -0.15) is 0 Å². The van der Waals surface area contributed by atoms with E-state index in [1.807, 2.05) is 0 Å². The molecule has 0 saturated heterocycles. The van der Waals surface area contributed by atoms with E-state index in [1.165, 1.54) is 49.9 Å². The first-order chi connectivity index (χ1) is 8.34. The largest absolute Gasteiger partial charge is 0.388 e. The molecule has 1 fully saturated rings. The van der Waals surface area contributed by atoms with Crippen molar-refractivity contribution in [3.8, 4) is 0 Å². The second-order valence-corrected chi connectivity index (χ2v) is 5.78. The molecular weight excluding hydrogens is 210 g/mol. The number of aliphatic hydroxyl groups is 1. The molecule has 1 N–H and O–H groups in total. The molecule has 0 bridgehead atoms. The molecule has 1 unspecified atom stereocenters. The Kier molecular flexibility index (Phi) is 3.24. The van der Waals surface area contributed by atoms with Crippen LogP contribution in [0.2, 0.25) is 0 Å². The highest BCUT2D eigenvalue weighted by atomic mass is 16.3. The summed E-state index contributed by atoms with van der Waals surface area (Å²) in [5.41, 5.74) is 2.61. The quantitative estimate of drug-likeness (QED) is 0.831. The van der Waals surface area contributed by atoms with Crippen molar-refractivity contribution in [2.75, 3.05) is 0 Å². The van der Waals surface area contributed by atoms with Gasteiger partial charge in [0.25, 0.3) is 0 Å². The van der Waals surface area contributed by atoms with Crippen LogP contribution in [0.4, 0.5) is 0 Å². The Morgan fingerprint density at radius 1 is 1.12 bits per heavy atom. The van der Waals surface area contributed by atoms with Crippen LogP contribution in [0, 0.1) is 5.92 Å². The zero-order valence-electron chi connectivity index (χ0n) is 10.6. The molecule has 2 aliphatic carbocycles. The molecule has 1 saturated carbocycles. The highest BCUT2D eigenvalue weighted by Gasteiger charge is 2.22. The lowest BCUT2D eigenvalue weighted by molar-refractivity contribution is 0.155. The van der Waals surface area contributed by atoms with E-state index in [9.17, 15) is 5.11 Å². The lowest BCUT2D eigenvalue weighted by atomic mass is 9.89. The van der Waals surface area contributed by atoms with E-state index in [2.05, 4.69) is 16.8 Å². The van der Waals surface area contributed by atoms with Crippen molar-refractivity contribution < 1.29 is 5.11 Å². The highest BCUT2D eigenvalue weighted by molar-refractivity contribution is 5.27. The van der Waals surface area contributed by atoms with Crippen LogP contribution >= 0.6 is 0 Å². The summed E-state index contributed by atoms with van der Waals surface area (Å²) < 4.78 is 2.42. The van der Waals surface area contributed by atoms with E-state index in [-0.39, 0.29) is 6.10 Å². The van der Waals surface area contributed by atoms with Gasteiger partial charge in [-0.25, -0.2) is 0 Å². The maximum absolute atomic E-state index is 9.97. The molecule has 1 aromatic heterocycles. The van der Waals surface area contributed by atoms with E-state index in [1.54, 1.807) is 0 Å². The number of hydrogen-bond donors (Lipinski definition) is 1. The minimum Gasteiger partial charge on any atom is -0.388 e. The molecule has 1 atom stereocenters. The van der Waals surface area contributed by atoms with Crippen molar-refractivity contribution in [2.45, 2.75) is 64.0 Å². The number of aliphatic hydroxyl groups excluding tert-OH is 1. The molecule has 2 aliphatic rings. The predicted molar refractivity (Wildman–Crippen MR) is 68.9 cm³/mol. The minimum absolute atomic E-state index is 0.202.